The van der Waals surface area contributed by atoms with Gasteiger partial charge < -0.3 is 10.4 Å². The summed E-state index contributed by atoms with van der Waals surface area (Å²) in [7, 11) is 0. The molecular formula is C13H29NO. The van der Waals surface area contributed by atoms with Crippen LogP contribution in [-0.4, -0.2) is 22.8 Å². The monoisotopic (exact) mass is 215 g/mol. The number of hydrogen-bond acceptors (Lipinski definition) is 2. The Morgan fingerprint density at radius 2 is 1.73 bits per heavy atom. The molecule has 0 saturated carbocycles. The highest BCUT2D eigenvalue weighted by atomic mass is 16.3. The fraction of sp³-hybridized carbons (Fsp3) is 1.00. The molecule has 2 nitrogen and oxygen atoms in total. The summed E-state index contributed by atoms with van der Waals surface area (Å²) in [5.74, 6) is 0. The zero-order valence-corrected chi connectivity index (χ0v) is 11.1. The van der Waals surface area contributed by atoms with Crippen LogP contribution in [-0.2, 0) is 0 Å². The number of aliphatic hydroxyl groups is 1. The molecule has 2 atom stereocenters. The van der Waals surface area contributed by atoms with E-state index < -0.39 is 5.60 Å². The van der Waals surface area contributed by atoms with E-state index in [9.17, 15) is 5.11 Å². The molecule has 2 unspecified atom stereocenters. The molecule has 15 heavy (non-hydrogen) atoms. The summed E-state index contributed by atoms with van der Waals surface area (Å²) in [5, 5.41) is 13.2. The van der Waals surface area contributed by atoms with Gasteiger partial charge in [-0.15, -0.1) is 0 Å². The Bertz CT molecular complexity index is 151. The molecule has 2 N–H and O–H groups in total. The molecule has 0 radical (unpaired) electrons. The van der Waals surface area contributed by atoms with Crippen LogP contribution in [0.2, 0.25) is 0 Å². The molecule has 0 amide bonds. The van der Waals surface area contributed by atoms with E-state index in [2.05, 4.69) is 19.2 Å². The number of rotatable bonds is 8. The summed E-state index contributed by atoms with van der Waals surface area (Å²) in [6.45, 7) is 10.2. The minimum absolute atomic E-state index is 0.152. The number of unbranched alkanes of at least 4 members (excludes halogenated alkanes) is 3. The van der Waals surface area contributed by atoms with Crippen molar-refractivity contribution in [2.75, 3.05) is 0 Å². The summed E-state index contributed by atoms with van der Waals surface area (Å²) >= 11 is 0. The molecule has 0 aliphatic carbocycles. The van der Waals surface area contributed by atoms with Gasteiger partial charge in [-0.05, 0) is 34.1 Å². The summed E-state index contributed by atoms with van der Waals surface area (Å²) < 4.78 is 0. The average Bonchev–Trinajstić information content (AvgIpc) is 2.11. The second kappa shape index (κ2) is 7.24. The summed E-state index contributed by atoms with van der Waals surface area (Å²) in [4.78, 5) is 0. The minimum atomic E-state index is -0.627. The molecule has 0 aliphatic heterocycles. The molecule has 0 aromatic rings. The van der Waals surface area contributed by atoms with Crippen molar-refractivity contribution in [3.05, 3.63) is 0 Å². The van der Waals surface area contributed by atoms with E-state index in [4.69, 9.17) is 0 Å². The fourth-order valence-corrected chi connectivity index (χ4v) is 1.59. The van der Waals surface area contributed by atoms with Crippen LogP contribution in [0.3, 0.4) is 0 Å². The van der Waals surface area contributed by atoms with E-state index in [1.165, 1.54) is 32.1 Å². The van der Waals surface area contributed by atoms with E-state index in [-0.39, 0.29) is 6.04 Å². The second-order valence-electron chi connectivity index (χ2n) is 5.29. The molecule has 0 bridgehead atoms. The van der Waals surface area contributed by atoms with Crippen LogP contribution < -0.4 is 5.32 Å². The third-order valence-electron chi connectivity index (χ3n) is 3.08. The highest BCUT2D eigenvalue weighted by Crippen LogP contribution is 2.11. The van der Waals surface area contributed by atoms with E-state index in [1.807, 2.05) is 20.8 Å². The van der Waals surface area contributed by atoms with Crippen molar-refractivity contribution >= 4 is 0 Å². The Labute approximate surface area is 95.5 Å². The maximum Gasteiger partial charge on any atom is 0.0741 e. The summed E-state index contributed by atoms with van der Waals surface area (Å²) in [6.07, 6.45) is 6.47. The topological polar surface area (TPSA) is 32.3 Å². The maximum atomic E-state index is 9.78. The minimum Gasteiger partial charge on any atom is -0.389 e. The number of hydrogen-bond donors (Lipinski definition) is 2. The van der Waals surface area contributed by atoms with Crippen LogP contribution in [0, 0.1) is 0 Å². The van der Waals surface area contributed by atoms with Crippen molar-refractivity contribution in [3.8, 4) is 0 Å². The Kier molecular flexibility index (Phi) is 7.20. The Balaban J connectivity index is 3.60. The average molecular weight is 215 g/mol. The van der Waals surface area contributed by atoms with Gasteiger partial charge in [0.25, 0.3) is 0 Å². The van der Waals surface area contributed by atoms with Gasteiger partial charge in [0, 0.05) is 12.1 Å². The van der Waals surface area contributed by atoms with Gasteiger partial charge in [0.05, 0.1) is 5.60 Å². The molecule has 0 rings (SSSR count). The normalized spacial score (nSPS) is 16.4. The molecule has 0 spiro atoms. The fourth-order valence-electron chi connectivity index (χ4n) is 1.59. The number of nitrogens with one attached hydrogen (secondary N) is 1. The standard InChI is InChI=1S/C13H29NO/c1-6-7-8-9-10-11(2)14-12(3)13(4,5)15/h11-12,14-15H,6-10H2,1-5H3. The van der Waals surface area contributed by atoms with Crippen LogP contribution in [0.4, 0.5) is 0 Å². The van der Waals surface area contributed by atoms with Crippen LogP contribution in [0.1, 0.15) is 66.7 Å². The van der Waals surface area contributed by atoms with Crippen molar-refractivity contribution in [2.24, 2.45) is 0 Å². The van der Waals surface area contributed by atoms with E-state index in [0.29, 0.717) is 6.04 Å². The molecule has 0 aliphatic rings. The first-order chi connectivity index (χ1) is 6.88. The van der Waals surface area contributed by atoms with E-state index in [1.54, 1.807) is 0 Å². The molecule has 0 aromatic heterocycles. The predicted molar refractivity (Wildman–Crippen MR) is 67.1 cm³/mol. The highest BCUT2D eigenvalue weighted by molar-refractivity contribution is 4.81. The van der Waals surface area contributed by atoms with Gasteiger partial charge >= 0.3 is 0 Å². The predicted octanol–water partition coefficient (Wildman–Crippen LogP) is 3.09. The van der Waals surface area contributed by atoms with Crippen molar-refractivity contribution < 1.29 is 5.11 Å². The first-order valence-electron chi connectivity index (χ1n) is 6.36. The van der Waals surface area contributed by atoms with Crippen LogP contribution in [0.5, 0.6) is 0 Å². The first-order valence-corrected chi connectivity index (χ1v) is 6.36. The first kappa shape index (κ1) is 14.9. The van der Waals surface area contributed by atoms with Crippen LogP contribution in [0.25, 0.3) is 0 Å². The SMILES string of the molecule is CCCCCCC(C)NC(C)C(C)(C)O. The molecule has 92 valence electrons. The van der Waals surface area contributed by atoms with Crippen LogP contribution >= 0.6 is 0 Å². The lowest BCUT2D eigenvalue weighted by Crippen LogP contribution is -2.48. The van der Waals surface area contributed by atoms with E-state index >= 15 is 0 Å². The smallest absolute Gasteiger partial charge is 0.0741 e. The van der Waals surface area contributed by atoms with Gasteiger partial charge in [0.1, 0.15) is 0 Å². The molecule has 0 fully saturated rings. The lowest BCUT2D eigenvalue weighted by Gasteiger charge is -2.29. The second-order valence-corrected chi connectivity index (χ2v) is 5.29. The Morgan fingerprint density at radius 1 is 1.13 bits per heavy atom. The third kappa shape index (κ3) is 7.80. The summed E-state index contributed by atoms with van der Waals surface area (Å²) in [6, 6.07) is 0.655. The molecule has 0 heterocycles. The third-order valence-corrected chi connectivity index (χ3v) is 3.08. The van der Waals surface area contributed by atoms with E-state index in [0.717, 1.165) is 0 Å². The molecular weight excluding hydrogens is 186 g/mol. The van der Waals surface area contributed by atoms with Crippen molar-refractivity contribution in [1.29, 1.82) is 0 Å². The zero-order chi connectivity index (χ0) is 11.9. The largest absolute Gasteiger partial charge is 0.389 e. The zero-order valence-electron chi connectivity index (χ0n) is 11.1. The van der Waals surface area contributed by atoms with Gasteiger partial charge in [-0.3, -0.25) is 0 Å². The van der Waals surface area contributed by atoms with Gasteiger partial charge in [-0.25, -0.2) is 0 Å². The lowest BCUT2D eigenvalue weighted by molar-refractivity contribution is 0.0401. The maximum absolute atomic E-state index is 9.78. The van der Waals surface area contributed by atoms with Crippen molar-refractivity contribution in [2.45, 2.75) is 84.4 Å². The molecule has 2 heteroatoms. The van der Waals surface area contributed by atoms with Crippen molar-refractivity contribution in [3.63, 3.8) is 0 Å². The Morgan fingerprint density at radius 3 is 2.20 bits per heavy atom. The quantitative estimate of drug-likeness (QED) is 0.610. The van der Waals surface area contributed by atoms with Gasteiger partial charge in [0.2, 0.25) is 0 Å². The van der Waals surface area contributed by atoms with Gasteiger partial charge in [-0.1, -0.05) is 32.6 Å². The van der Waals surface area contributed by atoms with Gasteiger partial charge in [-0.2, -0.15) is 0 Å². The highest BCUT2D eigenvalue weighted by Gasteiger charge is 2.22. The van der Waals surface area contributed by atoms with Crippen molar-refractivity contribution in [1.82, 2.24) is 5.32 Å². The summed E-state index contributed by atoms with van der Waals surface area (Å²) in [5.41, 5.74) is -0.627. The molecule has 0 saturated heterocycles. The lowest BCUT2D eigenvalue weighted by atomic mass is 9.99. The molecule has 0 aromatic carbocycles. The van der Waals surface area contributed by atoms with Gasteiger partial charge in [0.15, 0.2) is 0 Å². The van der Waals surface area contributed by atoms with Crippen LogP contribution in [0.15, 0.2) is 0 Å². The Hall–Kier alpha value is -0.0800.